The fourth-order valence-corrected chi connectivity index (χ4v) is 3.59. The third-order valence-corrected chi connectivity index (χ3v) is 5.34. The van der Waals surface area contributed by atoms with Gasteiger partial charge < -0.3 is 5.32 Å². The molecule has 5 heteroatoms. The molecule has 0 atom stereocenters. The molecule has 0 spiro atoms. The van der Waals surface area contributed by atoms with Crippen LogP contribution in [0.2, 0.25) is 0 Å². The maximum atomic E-state index is 12.8. The zero-order valence-electron chi connectivity index (χ0n) is 16.9. The molecule has 150 valence electrons. The van der Waals surface area contributed by atoms with Crippen molar-refractivity contribution >= 4 is 23.4 Å². The van der Waals surface area contributed by atoms with Crippen molar-refractivity contribution in [2.75, 3.05) is 11.9 Å². The number of imide groups is 1. The lowest BCUT2D eigenvalue weighted by Gasteiger charge is -2.13. The highest BCUT2D eigenvalue weighted by Gasteiger charge is 2.35. The Labute approximate surface area is 175 Å². The van der Waals surface area contributed by atoms with Crippen molar-refractivity contribution in [1.82, 2.24) is 4.90 Å². The number of hydrogen-bond donors (Lipinski definition) is 1. The standard InChI is InChI=1S/C25H22N2O3/c1-16-8-9-17(2)22(14-16)26-23(28)19-10-11-20-21(15-19)25(30)27(24(20)29)13-12-18-6-4-3-5-7-18/h3-11,14-15H,12-13H2,1-2H3,(H,26,28). The molecule has 3 aromatic carbocycles. The second-order valence-corrected chi connectivity index (χ2v) is 7.53. The van der Waals surface area contributed by atoms with Crippen LogP contribution in [0.5, 0.6) is 0 Å². The number of nitrogens with one attached hydrogen (secondary N) is 1. The van der Waals surface area contributed by atoms with Crippen molar-refractivity contribution in [2.24, 2.45) is 0 Å². The zero-order chi connectivity index (χ0) is 21.3. The number of carbonyl (C=O) groups excluding carboxylic acids is 3. The summed E-state index contributed by atoms with van der Waals surface area (Å²) < 4.78 is 0. The number of amides is 3. The molecule has 5 nitrogen and oxygen atoms in total. The Hall–Kier alpha value is -3.73. The molecule has 0 saturated heterocycles. The molecule has 0 radical (unpaired) electrons. The maximum absolute atomic E-state index is 12.8. The topological polar surface area (TPSA) is 66.5 Å². The van der Waals surface area contributed by atoms with Gasteiger partial charge >= 0.3 is 0 Å². The lowest BCUT2D eigenvalue weighted by Crippen LogP contribution is -2.31. The van der Waals surface area contributed by atoms with Crippen LogP contribution in [0.4, 0.5) is 5.69 Å². The van der Waals surface area contributed by atoms with Gasteiger partial charge in [0.15, 0.2) is 0 Å². The van der Waals surface area contributed by atoms with Crippen LogP contribution in [0, 0.1) is 13.8 Å². The second-order valence-electron chi connectivity index (χ2n) is 7.53. The van der Waals surface area contributed by atoms with Crippen molar-refractivity contribution in [2.45, 2.75) is 20.3 Å². The predicted molar refractivity (Wildman–Crippen MR) is 116 cm³/mol. The molecular weight excluding hydrogens is 376 g/mol. The van der Waals surface area contributed by atoms with E-state index < -0.39 is 0 Å². The molecule has 3 aromatic rings. The molecule has 1 N–H and O–H groups in total. The van der Waals surface area contributed by atoms with E-state index in [4.69, 9.17) is 0 Å². The zero-order valence-corrected chi connectivity index (χ0v) is 16.9. The molecule has 0 aliphatic carbocycles. The highest BCUT2D eigenvalue weighted by Crippen LogP contribution is 2.25. The number of anilines is 1. The Morgan fingerprint density at radius 2 is 1.60 bits per heavy atom. The molecule has 0 unspecified atom stereocenters. The number of aryl methyl sites for hydroxylation is 2. The first-order valence-electron chi connectivity index (χ1n) is 9.87. The van der Waals surface area contributed by atoms with E-state index in [2.05, 4.69) is 5.32 Å². The minimum atomic E-state index is -0.354. The summed E-state index contributed by atoms with van der Waals surface area (Å²) in [4.78, 5) is 39.5. The fourth-order valence-electron chi connectivity index (χ4n) is 3.59. The van der Waals surface area contributed by atoms with E-state index in [0.717, 1.165) is 22.4 Å². The van der Waals surface area contributed by atoms with Crippen molar-refractivity contribution in [3.63, 3.8) is 0 Å². The van der Waals surface area contributed by atoms with Gasteiger partial charge in [0.25, 0.3) is 17.7 Å². The van der Waals surface area contributed by atoms with E-state index in [1.165, 1.54) is 11.0 Å². The normalized spacial score (nSPS) is 12.8. The lowest BCUT2D eigenvalue weighted by atomic mass is 10.0. The van der Waals surface area contributed by atoms with Crippen LogP contribution in [-0.2, 0) is 6.42 Å². The van der Waals surface area contributed by atoms with Crippen molar-refractivity contribution in [3.05, 3.63) is 100 Å². The van der Waals surface area contributed by atoms with Crippen molar-refractivity contribution < 1.29 is 14.4 Å². The molecule has 4 rings (SSSR count). The molecule has 30 heavy (non-hydrogen) atoms. The summed E-state index contributed by atoms with van der Waals surface area (Å²) in [5.74, 6) is -0.978. The minimum absolute atomic E-state index is 0.279. The quantitative estimate of drug-likeness (QED) is 0.648. The van der Waals surface area contributed by atoms with Crippen LogP contribution in [0.15, 0.2) is 66.7 Å². The van der Waals surface area contributed by atoms with Gasteiger partial charge in [-0.15, -0.1) is 0 Å². The SMILES string of the molecule is Cc1ccc(C)c(NC(=O)c2ccc3c(c2)C(=O)N(CCc2ccccc2)C3=O)c1. The Balaban J connectivity index is 1.52. The fraction of sp³-hybridized carbons (Fsp3) is 0.160. The van der Waals surface area contributed by atoms with E-state index in [0.29, 0.717) is 24.1 Å². The number of carbonyl (C=O) groups is 3. The van der Waals surface area contributed by atoms with Crippen LogP contribution in [0.25, 0.3) is 0 Å². The van der Waals surface area contributed by atoms with Crippen LogP contribution in [-0.4, -0.2) is 29.2 Å². The third kappa shape index (κ3) is 3.74. The summed E-state index contributed by atoms with van der Waals surface area (Å²) >= 11 is 0. The summed E-state index contributed by atoms with van der Waals surface area (Å²) in [6.45, 7) is 4.18. The Morgan fingerprint density at radius 3 is 2.37 bits per heavy atom. The maximum Gasteiger partial charge on any atom is 0.261 e. The smallest absolute Gasteiger partial charge is 0.261 e. The van der Waals surface area contributed by atoms with Gasteiger partial charge in [-0.25, -0.2) is 0 Å². The summed E-state index contributed by atoms with van der Waals surface area (Å²) in [5, 5.41) is 2.89. The van der Waals surface area contributed by atoms with Gasteiger partial charge in [-0.1, -0.05) is 42.5 Å². The summed E-state index contributed by atoms with van der Waals surface area (Å²) in [6, 6.07) is 20.2. The van der Waals surface area contributed by atoms with E-state index in [1.807, 2.05) is 62.4 Å². The van der Waals surface area contributed by atoms with E-state index in [1.54, 1.807) is 12.1 Å². The number of benzene rings is 3. The first-order valence-corrected chi connectivity index (χ1v) is 9.87. The molecule has 0 saturated carbocycles. The minimum Gasteiger partial charge on any atom is -0.322 e. The van der Waals surface area contributed by atoms with Gasteiger partial charge in [-0.3, -0.25) is 19.3 Å². The van der Waals surface area contributed by atoms with Gasteiger partial charge in [0.2, 0.25) is 0 Å². The average Bonchev–Trinajstić information content (AvgIpc) is 2.99. The second kappa shape index (κ2) is 7.95. The van der Waals surface area contributed by atoms with E-state index in [9.17, 15) is 14.4 Å². The molecule has 3 amide bonds. The molecule has 1 aliphatic heterocycles. The largest absolute Gasteiger partial charge is 0.322 e. The van der Waals surface area contributed by atoms with Gasteiger partial charge in [-0.2, -0.15) is 0 Å². The first-order chi connectivity index (χ1) is 14.4. The Morgan fingerprint density at radius 1 is 0.867 bits per heavy atom. The highest BCUT2D eigenvalue weighted by molar-refractivity contribution is 6.22. The van der Waals surface area contributed by atoms with Gasteiger partial charge in [0, 0.05) is 17.8 Å². The molecule has 1 heterocycles. The van der Waals surface area contributed by atoms with Crippen molar-refractivity contribution in [1.29, 1.82) is 0 Å². The highest BCUT2D eigenvalue weighted by atomic mass is 16.2. The van der Waals surface area contributed by atoms with E-state index in [-0.39, 0.29) is 23.3 Å². The van der Waals surface area contributed by atoms with Gasteiger partial charge in [0.1, 0.15) is 0 Å². The molecule has 0 bridgehead atoms. The van der Waals surface area contributed by atoms with Gasteiger partial charge in [-0.05, 0) is 61.2 Å². The van der Waals surface area contributed by atoms with Crippen LogP contribution in [0.1, 0.15) is 47.8 Å². The van der Waals surface area contributed by atoms with Gasteiger partial charge in [0.05, 0.1) is 11.1 Å². The molecule has 0 aromatic heterocycles. The molecular formula is C25H22N2O3. The number of fused-ring (bicyclic) bond motifs is 1. The molecule has 1 aliphatic rings. The Kier molecular flexibility index (Phi) is 5.19. The van der Waals surface area contributed by atoms with Crippen LogP contribution >= 0.6 is 0 Å². The Bertz CT molecular complexity index is 1150. The summed E-state index contributed by atoms with van der Waals surface area (Å²) in [7, 11) is 0. The first kappa shape index (κ1) is 19.6. The summed E-state index contributed by atoms with van der Waals surface area (Å²) in [5.41, 5.74) is 4.75. The van der Waals surface area contributed by atoms with E-state index >= 15 is 0 Å². The van der Waals surface area contributed by atoms with Crippen LogP contribution in [0.3, 0.4) is 0 Å². The third-order valence-electron chi connectivity index (χ3n) is 5.34. The number of nitrogens with zero attached hydrogens (tertiary/aromatic N) is 1. The number of rotatable bonds is 5. The predicted octanol–water partition coefficient (Wildman–Crippen LogP) is 4.39. The summed E-state index contributed by atoms with van der Waals surface area (Å²) in [6.07, 6.45) is 0.590. The average molecular weight is 398 g/mol. The van der Waals surface area contributed by atoms with Crippen LogP contribution < -0.4 is 5.32 Å². The number of hydrogen-bond acceptors (Lipinski definition) is 3. The van der Waals surface area contributed by atoms with Crippen molar-refractivity contribution in [3.8, 4) is 0 Å². The molecule has 0 fully saturated rings. The lowest BCUT2D eigenvalue weighted by molar-refractivity contribution is 0.0656. The monoisotopic (exact) mass is 398 g/mol.